The number of para-hydroxylation sites is 1. The quantitative estimate of drug-likeness (QED) is 0.720. The molecule has 7 heteroatoms. The van der Waals surface area contributed by atoms with Crippen molar-refractivity contribution in [2.75, 3.05) is 13.1 Å². The highest BCUT2D eigenvalue weighted by molar-refractivity contribution is 5.97. The lowest BCUT2D eigenvalue weighted by molar-refractivity contribution is -0.143. The molecular weight excluding hydrogens is 370 g/mol. The van der Waals surface area contributed by atoms with Crippen LogP contribution in [0.25, 0.3) is 5.65 Å². The summed E-state index contributed by atoms with van der Waals surface area (Å²) in [6.45, 7) is 3.03. The normalized spacial score (nSPS) is 16.7. The fraction of sp³-hybridized carbons (Fsp3) is 0.318. The Morgan fingerprint density at radius 1 is 1.24 bits per heavy atom. The number of imidazole rings is 1. The number of aromatic nitrogens is 2. The van der Waals surface area contributed by atoms with Gasteiger partial charge in [0.1, 0.15) is 18.0 Å². The van der Waals surface area contributed by atoms with Crippen LogP contribution in [-0.2, 0) is 11.4 Å². The van der Waals surface area contributed by atoms with Gasteiger partial charge in [-0.25, -0.2) is 4.98 Å². The third-order valence-corrected chi connectivity index (χ3v) is 5.28. The molecule has 3 aromatic rings. The molecule has 150 valence electrons. The van der Waals surface area contributed by atoms with Gasteiger partial charge in [0, 0.05) is 25.5 Å². The summed E-state index contributed by atoms with van der Waals surface area (Å²) in [5.74, 6) is -1.09. The zero-order chi connectivity index (χ0) is 20.4. The third-order valence-electron chi connectivity index (χ3n) is 5.28. The molecule has 1 unspecified atom stereocenters. The van der Waals surface area contributed by atoms with Crippen LogP contribution in [0.4, 0.5) is 0 Å². The monoisotopic (exact) mass is 393 g/mol. The van der Waals surface area contributed by atoms with Crippen LogP contribution in [-0.4, -0.2) is 44.4 Å². The summed E-state index contributed by atoms with van der Waals surface area (Å²) in [5, 5.41) is 9.28. The summed E-state index contributed by atoms with van der Waals surface area (Å²) >= 11 is 0. The van der Waals surface area contributed by atoms with Gasteiger partial charge < -0.3 is 19.1 Å². The lowest BCUT2D eigenvalue weighted by Gasteiger charge is -2.31. The number of carbonyl (C=O) groups excluding carboxylic acids is 1. The molecule has 0 saturated carbocycles. The van der Waals surface area contributed by atoms with Crippen LogP contribution in [0.2, 0.25) is 0 Å². The van der Waals surface area contributed by atoms with Crippen LogP contribution in [0.5, 0.6) is 5.75 Å². The van der Waals surface area contributed by atoms with E-state index in [2.05, 4.69) is 4.98 Å². The highest BCUT2D eigenvalue weighted by Gasteiger charge is 2.29. The first-order chi connectivity index (χ1) is 14.0. The number of hydrogen-bond donors (Lipinski definition) is 1. The van der Waals surface area contributed by atoms with Gasteiger partial charge in [-0.1, -0.05) is 18.2 Å². The Kier molecular flexibility index (Phi) is 5.20. The number of aliphatic carboxylic acids is 1. The zero-order valence-electron chi connectivity index (χ0n) is 16.2. The molecule has 0 aliphatic carbocycles. The molecule has 1 atom stereocenters. The second kappa shape index (κ2) is 7.95. The van der Waals surface area contributed by atoms with Crippen molar-refractivity contribution in [3.8, 4) is 5.75 Å². The highest BCUT2D eigenvalue weighted by atomic mass is 16.5. The summed E-state index contributed by atoms with van der Waals surface area (Å²) < 4.78 is 7.89. The topological polar surface area (TPSA) is 84.1 Å². The largest absolute Gasteiger partial charge is 0.486 e. The molecule has 1 amide bonds. The van der Waals surface area contributed by atoms with E-state index >= 15 is 0 Å². The van der Waals surface area contributed by atoms with Crippen molar-refractivity contribution < 1.29 is 19.4 Å². The fourth-order valence-corrected chi connectivity index (χ4v) is 3.73. The van der Waals surface area contributed by atoms with Gasteiger partial charge in [0.05, 0.1) is 17.2 Å². The van der Waals surface area contributed by atoms with Gasteiger partial charge in [0.2, 0.25) is 0 Å². The maximum Gasteiger partial charge on any atom is 0.308 e. The fourth-order valence-electron chi connectivity index (χ4n) is 3.73. The lowest BCUT2D eigenvalue weighted by Crippen LogP contribution is -2.42. The van der Waals surface area contributed by atoms with Crippen molar-refractivity contribution >= 4 is 17.5 Å². The molecule has 1 fully saturated rings. The van der Waals surface area contributed by atoms with E-state index in [4.69, 9.17) is 4.74 Å². The number of pyridine rings is 1. The van der Waals surface area contributed by atoms with Crippen molar-refractivity contribution in [1.82, 2.24) is 14.3 Å². The molecule has 1 aliphatic rings. The number of carboxylic acid groups (broad SMARTS) is 1. The van der Waals surface area contributed by atoms with Crippen molar-refractivity contribution in [3.05, 3.63) is 65.6 Å². The number of rotatable bonds is 5. The number of aryl methyl sites for hydroxylation is 1. The molecular formula is C22H23N3O4. The van der Waals surface area contributed by atoms with Crippen LogP contribution in [0.1, 0.15) is 34.5 Å². The average Bonchev–Trinajstić information content (AvgIpc) is 3.16. The Bertz CT molecular complexity index is 1060. The maximum absolute atomic E-state index is 13.0. The molecule has 2 aromatic heterocycles. The number of benzene rings is 1. The molecule has 3 heterocycles. The maximum atomic E-state index is 13.0. The van der Waals surface area contributed by atoms with Crippen molar-refractivity contribution in [2.24, 2.45) is 5.92 Å². The predicted octanol–water partition coefficient (Wildman–Crippen LogP) is 3.16. The number of fused-ring (bicyclic) bond motifs is 1. The summed E-state index contributed by atoms with van der Waals surface area (Å²) in [6.07, 6.45) is 5.14. The minimum atomic E-state index is -0.853. The van der Waals surface area contributed by atoms with E-state index in [-0.39, 0.29) is 19.1 Å². The van der Waals surface area contributed by atoms with E-state index in [1.165, 1.54) is 0 Å². The number of carbonyl (C=O) groups is 2. The van der Waals surface area contributed by atoms with Gasteiger partial charge in [-0.3, -0.25) is 9.59 Å². The molecule has 0 spiro atoms. The second-order valence-corrected chi connectivity index (χ2v) is 7.37. The minimum absolute atomic E-state index is 0.197. The molecule has 1 saturated heterocycles. The van der Waals surface area contributed by atoms with Gasteiger partial charge in [0.15, 0.2) is 0 Å². The van der Waals surface area contributed by atoms with Crippen LogP contribution < -0.4 is 4.74 Å². The first kappa shape index (κ1) is 19.0. The van der Waals surface area contributed by atoms with Gasteiger partial charge in [-0.05, 0) is 43.5 Å². The standard InChI is InChI=1S/C22H23N3O4/c1-15-6-4-10-24-13-17(23-20(15)24)14-29-19-9-3-2-8-18(19)21(26)25-11-5-7-16(12-25)22(27)28/h2-4,6,8-10,13,16H,5,7,11-12,14H2,1H3,(H,27,28). The number of likely N-dealkylation sites (tertiary alicyclic amines) is 1. The molecule has 0 radical (unpaired) electrons. The Hall–Kier alpha value is -3.35. The van der Waals surface area contributed by atoms with E-state index < -0.39 is 11.9 Å². The zero-order valence-corrected chi connectivity index (χ0v) is 16.2. The summed E-state index contributed by atoms with van der Waals surface area (Å²) in [6, 6.07) is 11.0. The Balaban J connectivity index is 1.51. The lowest BCUT2D eigenvalue weighted by atomic mass is 9.97. The van der Waals surface area contributed by atoms with Crippen molar-refractivity contribution in [2.45, 2.75) is 26.4 Å². The molecule has 4 rings (SSSR count). The Labute approximate surface area is 168 Å². The molecule has 1 N–H and O–H groups in total. The first-order valence-corrected chi connectivity index (χ1v) is 9.70. The van der Waals surface area contributed by atoms with Gasteiger partial charge in [-0.2, -0.15) is 0 Å². The number of ether oxygens (including phenoxy) is 1. The number of amides is 1. The minimum Gasteiger partial charge on any atom is -0.486 e. The Morgan fingerprint density at radius 3 is 2.86 bits per heavy atom. The smallest absolute Gasteiger partial charge is 0.308 e. The second-order valence-electron chi connectivity index (χ2n) is 7.37. The van der Waals surface area contributed by atoms with E-state index in [1.54, 1.807) is 23.1 Å². The van der Waals surface area contributed by atoms with Gasteiger partial charge in [0.25, 0.3) is 5.91 Å². The Morgan fingerprint density at radius 2 is 2.07 bits per heavy atom. The van der Waals surface area contributed by atoms with Crippen molar-refractivity contribution in [1.29, 1.82) is 0 Å². The van der Waals surface area contributed by atoms with Crippen LogP contribution in [0, 0.1) is 12.8 Å². The van der Waals surface area contributed by atoms with Crippen molar-refractivity contribution in [3.63, 3.8) is 0 Å². The van der Waals surface area contributed by atoms with E-state index in [9.17, 15) is 14.7 Å². The SMILES string of the molecule is Cc1cccn2cc(COc3ccccc3C(=O)N3CCCC(C(=O)O)C3)nc12. The number of piperidine rings is 1. The van der Waals surface area contributed by atoms with Gasteiger partial charge in [-0.15, -0.1) is 0 Å². The molecule has 1 aliphatic heterocycles. The number of hydrogen-bond acceptors (Lipinski definition) is 4. The van der Waals surface area contributed by atoms with Crippen LogP contribution in [0.3, 0.4) is 0 Å². The van der Waals surface area contributed by atoms with Crippen LogP contribution >= 0.6 is 0 Å². The molecule has 1 aromatic carbocycles. The third kappa shape index (κ3) is 3.94. The molecule has 29 heavy (non-hydrogen) atoms. The summed E-state index contributed by atoms with van der Waals surface area (Å²) in [4.78, 5) is 30.5. The summed E-state index contributed by atoms with van der Waals surface area (Å²) in [5.41, 5.74) is 3.17. The van der Waals surface area contributed by atoms with E-state index in [0.29, 0.717) is 30.7 Å². The molecule has 0 bridgehead atoms. The van der Waals surface area contributed by atoms with Gasteiger partial charge >= 0.3 is 5.97 Å². The van der Waals surface area contributed by atoms with Crippen LogP contribution in [0.15, 0.2) is 48.8 Å². The summed E-state index contributed by atoms with van der Waals surface area (Å²) in [7, 11) is 0. The predicted molar refractivity (Wildman–Crippen MR) is 107 cm³/mol. The van der Waals surface area contributed by atoms with E-state index in [0.717, 1.165) is 16.9 Å². The van der Waals surface area contributed by atoms with E-state index in [1.807, 2.05) is 41.9 Å². The average molecular weight is 393 g/mol. The first-order valence-electron chi connectivity index (χ1n) is 9.70. The molecule has 7 nitrogen and oxygen atoms in total. The number of carboxylic acids is 1. The number of nitrogens with zero attached hydrogens (tertiary/aromatic N) is 3. The highest BCUT2D eigenvalue weighted by Crippen LogP contribution is 2.25.